The van der Waals surface area contributed by atoms with Crippen molar-refractivity contribution >= 4 is 38.9 Å². The van der Waals surface area contributed by atoms with Gasteiger partial charge < -0.3 is 40.3 Å². The number of imidazole rings is 1. The molecule has 1 fully saturated rings. The van der Waals surface area contributed by atoms with Crippen molar-refractivity contribution in [3.63, 3.8) is 0 Å². The number of fused-ring (bicyclic) bond motifs is 1. The monoisotopic (exact) mass is 529 g/mol. The van der Waals surface area contributed by atoms with Gasteiger partial charge in [-0.25, -0.2) is 18.5 Å². The number of rotatable bonds is 8. The minimum atomic E-state index is -5.36. The summed E-state index contributed by atoms with van der Waals surface area (Å²) < 4.78 is 44.0. The summed E-state index contributed by atoms with van der Waals surface area (Å²) in [6.45, 7) is -1.04. The number of hydrogen-bond donors (Lipinski definition) is 7. The predicted molar refractivity (Wildman–Crippen MR) is 109 cm³/mol. The van der Waals surface area contributed by atoms with Crippen molar-refractivity contribution in [3.8, 4) is 0 Å². The molecule has 1 unspecified atom stereocenters. The number of hydrogen-bond acceptors (Lipinski definition) is 11. The zero-order valence-corrected chi connectivity index (χ0v) is 19.5. The smallest absolute Gasteiger partial charge is 0.453 e. The first-order valence-corrected chi connectivity index (χ1v) is 12.4. The standard InChI is InChI=1S/C14H22N6O12P2/c1-19-5-20(10-8(19)11(22)18-13(15)17-10)12-9(21)6(3-16-14(23)29-2)7(31-12)4-30-34(27,28)32-33(24,25)26/h5-7,9,12,21H,3-4H2,1-2H3,(H6-,15,16,17,18,22,23,24,25,26,27,28)/p+1/t6-,7-,9-,12-/m1/s1. The first kappa shape index (κ1) is 26.2. The molecule has 5 atom stereocenters. The molecule has 1 aliphatic rings. The van der Waals surface area contributed by atoms with E-state index in [1.807, 2.05) is 0 Å². The minimum absolute atomic E-state index is 0.0479. The van der Waals surface area contributed by atoms with Crippen LogP contribution < -0.4 is 21.2 Å². The van der Waals surface area contributed by atoms with Gasteiger partial charge in [-0.1, -0.05) is 0 Å². The molecule has 1 aliphatic heterocycles. The fourth-order valence-electron chi connectivity index (χ4n) is 3.49. The molecular formula is C14H23N6O12P2+. The Morgan fingerprint density at radius 2 is 2.09 bits per heavy atom. The summed E-state index contributed by atoms with van der Waals surface area (Å²) in [5.74, 6) is -1.19. The van der Waals surface area contributed by atoms with Crippen LogP contribution in [-0.2, 0) is 34.5 Å². The number of H-pyrrole nitrogens is 1. The number of nitrogens with one attached hydrogen (secondary N) is 2. The number of phosphoric ester groups is 1. The fourth-order valence-corrected chi connectivity index (χ4v) is 5.09. The van der Waals surface area contributed by atoms with Crippen molar-refractivity contribution in [1.29, 1.82) is 0 Å². The number of nitrogen functional groups attached to an aromatic ring is 1. The zero-order valence-electron chi connectivity index (χ0n) is 17.7. The molecule has 0 saturated carbocycles. The normalized spacial score (nSPS) is 24.8. The molecule has 3 heterocycles. The topological polar surface area (TPSA) is 262 Å². The van der Waals surface area contributed by atoms with Crippen LogP contribution in [0.2, 0.25) is 0 Å². The number of alkyl carbamates (subject to hydrolysis) is 1. The number of nitrogens with zero attached hydrogens (tertiary/aromatic N) is 3. The number of methoxy groups -OCH3 is 1. The summed E-state index contributed by atoms with van der Waals surface area (Å²) in [6.07, 6.45) is -3.30. The maximum atomic E-state index is 12.3. The number of carbonyl (C=O) groups is 1. The third kappa shape index (κ3) is 5.80. The lowest BCUT2D eigenvalue weighted by molar-refractivity contribution is -0.646. The lowest BCUT2D eigenvalue weighted by Gasteiger charge is -2.20. The van der Waals surface area contributed by atoms with Crippen LogP contribution in [-0.4, -0.2) is 72.9 Å². The Balaban J connectivity index is 1.91. The number of aliphatic hydroxyl groups excluding tert-OH is 1. The second-order valence-electron chi connectivity index (χ2n) is 7.19. The van der Waals surface area contributed by atoms with Gasteiger partial charge in [-0.3, -0.25) is 14.3 Å². The fraction of sp³-hybridized carbons (Fsp3) is 0.571. The lowest BCUT2D eigenvalue weighted by Crippen LogP contribution is -2.39. The Bertz CT molecular complexity index is 1230. The van der Waals surface area contributed by atoms with Gasteiger partial charge in [0, 0.05) is 12.5 Å². The molecule has 1 saturated heterocycles. The van der Waals surface area contributed by atoms with E-state index in [2.05, 4.69) is 28.9 Å². The average molecular weight is 529 g/mol. The number of nitrogens with two attached hydrogens (primary N) is 1. The number of carbonyl (C=O) groups excluding carboxylic acids is 1. The summed E-state index contributed by atoms with van der Waals surface area (Å²) in [5.41, 5.74) is 5.21. The first-order valence-electron chi connectivity index (χ1n) is 9.38. The molecule has 20 heteroatoms. The van der Waals surface area contributed by atoms with E-state index in [-0.39, 0.29) is 23.7 Å². The molecule has 190 valence electrons. The van der Waals surface area contributed by atoms with Crippen molar-refractivity contribution < 1.29 is 56.6 Å². The number of aromatic amines is 1. The molecule has 8 N–H and O–H groups in total. The quantitative estimate of drug-likeness (QED) is 0.139. The van der Waals surface area contributed by atoms with E-state index in [0.717, 1.165) is 7.11 Å². The average Bonchev–Trinajstić information content (AvgIpc) is 3.19. The molecule has 0 spiro atoms. The van der Waals surface area contributed by atoms with E-state index in [1.54, 1.807) is 0 Å². The molecule has 2 aromatic heterocycles. The summed E-state index contributed by atoms with van der Waals surface area (Å²) in [7, 11) is -7.93. The third-order valence-electron chi connectivity index (χ3n) is 4.87. The van der Waals surface area contributed by atoms with Gasteiger partial charge in [-0.2, -0.15) is 13.9 Å². The van der Waals surface area contributed by atoms with Crippen molar-refractivity contribution in [1.82, 2.24) is 19.9 Å². The van der Waals surface area contributed by atoms with Crippen LogP contribution in [0.25, 0.3) is 11.2 Å². The summed E-state index contributed by atoms with van der Waals surface area (Å²) in [5, 5.41) is 13.3. The van der Waals surface area contributed by atoms with E-state index in [4.69, 9.17) is 20.3 Å². The number of aliphatic hydroxyl groups is 1. The van der Waals surface area contributed by atoms with E-state index in [0.29, 0.717) is 0 Å². The largest absolute Gasteiger partial charge is 0.481 e. The number of aryl methyl sites for hydroxylation is 1. The maximum Gasteiger partial charge on any atom is 0.481 e. The molecule has 0 bridgehead atoms. The zero-order chi connectivity index (χ0) is 25.4. The number of aromatic nitrogens is 4. The summed E-state index contributed by atoms with van der Waals surface area (Å²) >= 11 is 0. The lowest BCUT2D eigenvalue weighted by atomic mass is 9.98. The van der Waals surface area contributed by atoms with Crippen LogP contribution in [0.15, 0.2) is 11.1 Å². The van der Waals surface area contributed by atoms with Gasteiger partial charge >= 0.3 is 27.3 Å². The highest BCUT2D eigenvalue weighted by molar-refractivity contribution is 7.60. The molecule has 1 amide bonds. The number of anilines is 1. The molecule has 2 aromatic rings. The summed E-state index contributed by atoms with van der Waals surface area (Å²) in [4.78, 5) is 57.2. The van der Waals surface area contributed by atoms with Crippen LogP contribution in [0.4, 0.5) is 10.7 Å². The van der Waals surface area contributed by atoms with Crippen molar-refractivity contribution in [3.05, 3.63) is 16.7 Å². The van der Waals surface area contributed by atoms with E-state index >= 15 is 0 Å². The first-order chi connectivity index (χ1) is 15.7. The minimum Gasteiger partial charge on any atom is -0.453 e. The van der Waals surface area contributed by atoms with Crippen LogP contribution >= 0.6 is 15.6 Å². The highest BCUT2D eigenvalue weighted by atomic mass is 31.3. The van der Waals surface area contributed by atoms with Gasteiger partial charge in [-0.15, -0.1) is 0 Å². The predicted octanol–water partition coefficient (Wildman–Crippen LogP) is -2.41. The molecule has 0 radical (unpaired) electrons. The van der Waals surface area contributed by atoms with Gasteiger partial charge in [0.1, 0.15) is 6.10 Å². The van der Waals surface area contributed by atoms with Crippen molar-refractivity contribution in [2.45, 2.75) is 18.4 Å². The second-order valence-corrected chi connectivity index (χ2v) is 10.0. The Labute approximate surface area is 190 Å². The highest BCUT2D eigenvalue weighted by Crippen LogP contribution is 2.57. The van der Waals surface area contributed by atoms with Gasteiger partial charge in [0.2, 0.25) is 18.5 Å². The van der Waals surface area contributed by atoms with Gasteiger partial charge in [0.15, 0.2) is 0 Å². The second kappa shape index (κ2) is 9.69. The van der Waals surface area contributed by atoms with Crippen molar-refractivity contribution in [2.75, 3.05) is 26.0 Å². The Hall–Kier alpha value is -2.40. The number of ether oxygens (including phenoxy) is 2. The van der Waals surface area contributed by atoms with Crippen LogP contribution in [0.1, 0.15) is 6.23 Å². The Morgan fingerprint density at radius 3 is 2.71 bits per heavy atom. The van der Waals surface area contributed by atoms with E-state index in [9.17, 15) is 28.7 Å². The highest BCUT2D eigenvalue weighted by Gasteiger charge is 2.49. The van der Waals surface area contributed by atoms with Crippen LogP contribution in [0, 0.1) is 5.92 Å². The molecule has 3 rings (SSSR count). The maximum absolute atomic E-state index is 12.3. The SMILES string of the molecule is COC(=O)NC[C@H]1[C@@H](O)[C@H](n2c[n+](C)c3c(=O)[nH]c(N)nc32)O[C@@H]1COP(=O)(O)OP(=O)(O)O. The van der Waals surface area contributed by atoms with Crippen LogP contribution in [0.5, 0.6) is 0 Å². The third-order valence-corrected chi connectivity index (χ3v) is 7.02. The van der Waals surface area contributed by atoms with Crippen molar-refractivity contribution in [2.24, 2.45) is 13.0 Å². The molecule has 0 aromatic carbocycles. The molecule has 18 nitrogen and oxygen atoms in total. The van der Waals surface area contributed by atoms with Gasteiger partial charge in [0.05, 0.1) is 26.9 Å². The van der Waals surface area contributed by atoms with E-state index in [1.165, 1.54) is 22.5 Å². The molecular weight excluding hydrogens is 506 g/mol. The molecule has 34 heavy (non-hydrogen) atoms. The Morgan fingerprint density at radius 1 is 1.41 bits per heavy atom. The molecule has 0 aliphatic carbocycles. The number of amides is 1. The van der Waals surface area contributed by atoms with Gasteiger partial charge in [0.25, 0.3) is 11.2 Å². The Kier molecular flexibility index (Phi) is 7.47. The van der Waals surface area contributed by atoms with E-state index < -0.39 is 58.3 Å². The van der Waals surface area contributed by atoms with Crippen LogP contribution in [0.3, 0.4) is 0 Å². The summed E-state index contributed by atoms with van der Waals surface area (Å²) in [6, 6.07) is 0. The van der Waals surface area contributed by atoms with Gasteiger partial charge in [-0.05, 0) is 0 Å². The number of phosphoric acid groups is 2.